The molecule has 0 aromatic carbocycles. The molecular formula is C9H19NO4. The highest BCUT2D eigenvalue weighted by atomic mass is 16.5. The van der Waals surface area contributed by atoms with Gasteiger partial charge < -0.3 is 14.9 Å². The van der Waals surface area contributed by atoms with E-state index in [1.807, 2.05) is 0 Å². The van der Waals surface area contributed by atoms with Crippen LogP contribution in [-0.2, 0) is 9.53 Å². The van der Waals surface area contributed by atoms with Gasteiger partial charge in [0, 0.05) is 12.6 Å². The highest BCUT2D eigenvalue weighted by Gasteiger charge is 2.37. The molecule has 0 amide bonds. The fourth-order valence-corrected chi connectivity index (χ4v) is 1.23. The first-order chi connectivity index (χ1) is 6.27. The topological polar surface area (TPSA) is 78.8 Å². The van der Waals surface area contributed by atoms with Crippen molar-refractivity contribution >= 4 is 5.97 Å². The first kappa shape index (κ1) is 13.4. The van der Waals surface area contributed by atoms with Gasteiger partial charge >= 0.3 is 5.97 Å². The SMILES string of the molecule is COCC(C)(NC(C)(C)CO)C(=O)O. The zero-order valence-electron chi connectivity index (χ0n) is 9.13. The predicted molar refractivity (Wildman–Crippen MR) is 52.2 cm³/mol. The molecule has 0 radical (unpaired) electrons. The maximum atomic E-state index is 11.0. The molecule has 0 aliphatic carbocycles. The Balaban J connectivity index is 4.60. The van der Waals surface area contributed by atoms with E-state index in [4.69, 9.17) is 14.9 Å². The standard InChI is InChI=1S/C9H19NO4/c1-8(2,5-11)10-9(3,6-14-4)7(12)13/h10-11H,5-6H2,1-4H3,(H,12,13). The van der Waals surface area contributed by atoms with Crippen LogP contribution >= 0.6 is 0 Å². The fourth-order valence-electron chi connectivity index (χ4n) is 1.23. The van der Waals surface area contributed by atoms with Crippen molar-refractivity contribution in [3.8, 4) is 0 Å². The summed E-state index contributed by atoms with van der Waals surface area (Å²) in [4.78, 5) is 11.0. The lowest BCUT2D eigenvalue weighted by Gasteiger charge is -2.35. The van der Waals surface area contributed by atoms with E-state index in [0.717, 1.165) is 0 Å². The lowest BCUT2D eigenvalue weighted by Crippen LogP contribution is -2.61. The van der Waals surface area contributed by atoms with Gasteiger partial charge in [0.15, 0.2) is 0 Å². The van der Waals surface area contributed by atoms with Crippen molar-refractivity contribution in [3.63, 3.8) is 0 Å². The smallest absolute Gasteiger partial charge is 0.326 e. The number of hydrogen-bond donors (Lipinski definition) is 3. The molecule has 3 N–H and O–H groups in total. The summed E-state index contributed by atoms with van der Waals surface area (Å²) in [6.45, 7) is 4.88. The number of methoxy groups -OCH3 is 1. The third kappa shape index (κ3) is 3.61. The molecule has 5 nitrogen and oxygen atoms in total. The summed E-state index contributed by atoms with van der Waals surface area (Å²) in [6, 6.07) is 0. The van der Waals surface area contributed by atoms with Crippen LogP contribution in [0.15, 0.2) is 0 Å². The average Bonchev–Trinajstić information content (AvgIpc) is 2.03. The van der Waals surface area contributed by atoms with E-state index in [2.05, 4.69) is 5.32 Å². The molecule has 0 fully saturated rings. The van der Waals surface area contributed by atoms with Crippen LogP contribution < -0.4 is 5.32 Å². The molecule has 1 atom stereocenters. The Hall–Kier alpha value is -0.650. The van der Waals surface area contributed by atoms with Crippen LogP contribution in [0.3, 0.4) is 0 Å². The molecule has 0 heterocycles. The molecule has 0 aliphatic rings. The highest BCUT2D eigenvalue weighted by Crippen LogP contribution is 2.12. The maximum absolute atomic E-state index is 11.0. The van der Waals surface area contributed by atoms with Crippen molar-refractivity contribution in [3.05, 3.63) is 0 Å². The van der Waals surface area contributed by atoms with Gasteiger partial charge in [0.1, 0.15) is 5.54 Å². The summed E-state index contributed by atoms with van der Waals surface area (Å²) in [5.74, 6) is -0.999. The second-order valence-electron chi connectivity index (χ2n) is 4.24. The number of aliphatic carboxylic acids is 1. The summed E-state index contributed by atoms with van der Waals surface area (Å²) in [6.07, 6.45) is 0. The zero-order valence-corrected chi connectivity index (χ0v) is 9.13. The summed E-state index contributed by atoms with van der Waals surface area (Å²) >= 11 is 0. The molecule has 14 heavy (non-hydrogen) atoms. The minimum Gasteiger partial charge on any atom is -0.480 e. The quantitative estimate of drug-likeness (QED) is 0.561. The normalized spacial score (nSPS) is 16.4. The molecular weight excluding hydrogens is 186 g/mol. The molecule has 0 spiro atoms. The lowest BCUT2D eigenvalue weighted by molar-refractivity contribution is -0.147. The van der Waals surface area contributed by atoms with Crippen molar-refractivity contribution in [2.45, 2.75) is 31.8 Å². The Bertz CT molecular complexity index is 205. The number of carbonyl (C=O) groups is 1. The Morgan fingerprint density at radius 1 is 1.43 bits per heavy atom. The lowest BCUT2D eigenvalue weighted by atomic mass is 9.97. The van der Waals surface area contributed by atoms with Gasteiger partial charge in [0.2, 0.25) is 0 Å². The minimum absolute atomic E-state index is 0.0474. The second kappa shape index (κ2) is 4.72. The molecule has 0 aliphatic heterocycles. The number of carboxylic acid groups (broad SMARTS) is 1. The first-order valence-corrected chi connectivity index (χ1v) is 4.40. The number of rotatable bonds is 6. The van der Waals surface area contributed by atoms with E-state index in [9.17, 15) is 4.79 Å². The molecule has 0 aromatic rings. The number of ether oxygens (including phenoxy) is 1. The summed E-state index contributed by atoms with van der Waals surface area (Å²) in [5, 5.41) is 20.9. The van der Waals surface area contributed by atoms with Gasteiger partial charge in [0.25, 0.3) is 0 Å². The van der Waals surface area contributed by atoms with Crippen LogP contribution in [0.25, 0.3) is 0 Å². The molecule has 0 saturated carbocycles. The van der Waals surface area contributed by atoms with Crippen LogP contribution in [0.1, 0.15) is 20.8 Å². The van der Waals surface area contributed by atoms with Gasteiger partial charge in [-0.05, 0) is 20.8 Å². The van der Waals surface area contributed by atoms with Gasteiger partial charge in [-0.3, -0.25) is 10.1 Å². The Morgan fingerprint density at radius 3 is 2.21 bits per heavy atom. The van der Waals surface area contributed by atoms with Crippen molar-refractivity contribution < 1.29 is 19.7 Å². The Labute approximate surface area is 84.1 Å². The second-order valence-corrected chi connectivity index (χ2v) is 4.24. The van der Waals surface area contributed by atoms with Gasteiger partial charge in [-0.1, -0.05) is 0 Å². The van der Waals surface area contributed by atoms with Gasteiger partial charge in [-0.15, -0.1) is 0 Å². The summed E-state index contributed by atoms with van der Waals surface area (Å²) in [7, 11) is 1.44. The maximum Gasteiger partial charge on any atom is 0.326 e. The Morgan fingerprint density at radius 2 is 1.93 bits per heavy atom. The highest BCUT2D eigenvalue weighted by molar-refractivity contribution is 5.78. The molecule has 0 aromatic heterocycles. The number of hydrogen-bond acceptors (Lipinski definition) is 4. The zero-order chi connectivity index (χ0) is 11.4. The summed E-state index contributed by atoms with van der Waals surface area (Å²) < 4.78 is 4.83. The van der Waals surface area contributed by atoms with E-state index in [-0.39, 0.29) is 13.2 Å². The van der Waals surface area contributed by atoms with E-state index in [0.29, 0.717) is 0 Å². The number of carboxylic acids is 1. The third-order valence-corrected chi connectivity index (χ3v) is 1.91. The third-order valence-electron chi connectivity index (χ3n) is 1.91. The van der Waals surface area contributed by atoms with Crippen LogP contribution in [0.4, 0.5) is 0 Å². The molecule has 5 heteroatoms. The van der Waals surface area contributed by atoms with Crippen molar-refractivity contribution in [2.24, 2.45) is 0 Å². The largest absolute Gasteiger partial charge is 0.480 e. The van der Waals surface area contributed by atoms with Crippen LogP contribution in [-0.4, -0.2) is 47.6 Å². The molecule has 84 valence electrons. The van der Waals surface area contributed by atoms with Crippen LogP contribution in [0.5, 0.6) is 0 Å². The molecule has 1 unspecified atom stereocenters. The number of aliphatic hydroxyl groups excluding tert-OH is 1. The van der Waals surface area contributed by atoms with Gasteiger partial charge in [0.05, 0.1) is 13.2 Å². The predicted octanol–water partition coefficient (Wildman–Crippen LogP) is -0.163. The minimum atomic E-state index is -1.18. The number of nitrogens with one attached hydrogen (secondary N) is 1. The van der Waals surface area contributed by atoms with Crippen molar-refractivity contribution in [1.82, 2.24) is 5.32 Å². The van der Waals surface area contributed by atoms with E-state index < -0.39 is 17.0 Å². The van der Waals surface area contributed by atoms with Gasteiger partial charge in [-0.2, -0.15) is 0 Å². The van der Waals surface area contributed by atoms with Crippen molar-refractivity contribution in [2.75, 3.05) is 20.3 Å². The average molecular weight is 205 g/mol. The van der Waals surface area contributed by atoms with Gasteiger partial charge in [-0.25, -0.2) is 0 Å². The summed E-state index contributed by atoms with van der Waals surface area (Å²) in [5.41, 5.74) is -1.83. The first-order valence-electron chi connectivity index (χ1n) is 4.40. The molecule has 0 rings (SSSR count). The number of aliphatic hydroxyl groups is 1. The van der Waals surface area contributed by atoms with E-state index in [1.165, 1.54) is 14.0 Å². The van der Waals surface area contributed by atoms with Crippen molar-refractivity contribution in [1.29, 1.82) is 0 Å². The van der Waals surface area contributed by atoms with E-state index >= 15 is 0 Å². The van der Waals surface area contributed by atoms with Crippen LogP contribution in [0, 0.1) is 0 Å². The monoisotopic (exact) mass is 205 g/mol. The molecule has 0 bridgehead atoms. The fraction of sp³-hybridized carbons (Fsp3) is 0.889. The molecule has 0 saturated heterocycles. The Kier molecular flexibility index (Phi) is 4.51. The van der Waals surface area contributed by atoms with E-state index in [1.54, 1.807) is 13.8 Å². The van der Waals surface area contributed by atoms with Crippen LogP contribution in [0.2, 0.25) is 0 Å².